The van der Waals surface area contributed by atoms with Crippen LogP contribution < -0.4 is 15.5 Å². The minimum atomic E-state index is -0.991. The molecule has 0 aliphatic heterocycles. The number of nitrogens with zero attached hydrogens (tertiary/aromatic N) is 2. The number of methoxy groups -OCH3 is 1. The molecule has 4 rings (SSSR count). The predicted octanol–water partition coefficient (Wildman–Crippen LogP) is 3.25. The highest BCUT2D eigenvalue weighted by Gasteiger charge is 2.22. The molecule has 1 N–H and O–H groups in total. The maximum atomic E-state index is 14.6. The second-order valence-electron chi connectivity index (χ2n) is 6.70. The maximum absolute atomic E-state index is 14.6. The third kappa shape index (κ3) is 4.02. The number of furan rings is 1. The van der Waals surface area contributed by atoms with Crippen molar-refractivity contribution in [2.24, 2.45) is 0 Å². The number of amides is 1. The first-order chi connectivity index (χ1) is 15.0. The van der Waals surface area contributed by atoms with Crippen LogP contribution in [0, 0.1) is 11.6 Å². The fraction of sp³-hybridized carbons (Fsp3) is 0.136. The van der Waals surface area contributed by atoms with Crippen LogP contribution in [0.2, 0.25) is 0 Å². The number of rotatable bonds is 6. The van der Waals surface area contributed by atoms with Gasteiger partial charge in [-0.1, -0.05) is 12.1 Å². The fourth-order valence-corrected chi connectivity index (χ4v) is 3.18. The van der Waals surface area contributed by atoms with Crippen molar-refractivity contribution in [2.75, 3.05) is 7.11 Å². The van der Waals surface area contributed by atoms with E-state index >= 15 is 0 Å². The van der Waals surface area contributed by atoms with Crippen LogP contribution in [0.3, 0.4) is 0 Å². The summed E-state index contributed by atoms with van der Waals surface area (Å²) in [5.41, 5.74) is -1.17. The molecule has 9 heteroatoms. The Morgan fingerprint density at radius 1 is 1.13 bits per heavy atom. The van der Waals surface area contributed by atoms with Crippen molar-refractivity contribution in [2.45, 2.75) is 13.1 Å². The van der Waals surface area contributed by atoms with Gasteiger partial charge in [-0.15, -0.1) is 0 Å². The molecule has 0 unspecified atom stereocenters. The number of fused-ring (bicyclic) bond motifs is 1. The van der Waals surface area contributed by atoms with Crippen LogP contribution in [0.1, 0.15) is 21.8 Å². The van der Waals surface area contributed by atoms with E-state index in [1.165, 1.54) is 13.4 Å². The number of benzene rings is 2. The normalized spacial score (nSPS) is 10.9. The van der Waals surface area contributed by atoms with Crippen molar-refractivity contribution in [3.63, 3.8) is 0 Å². The fourth-order valence-electron chi connectivity index (χ4n) is 3.18. The van der Waals surface area contributed by atoms with Gasteiger partial charge in [0.25, 0.3) is 5.91 Å². The Kier molecular flexibility index (Phi) is 5.48. The highest BCUT2D eigenvalue weighted by Crippen LogP contribution is 2.20. The number of halogens is 2. The Morgan fingerprint density at radius 3 is 2.55 bits per heavy atom. The molecule has 0 saturated heterocycles. The zero-order chi connectivity index (χ0) is 22.0. The van der Waals surface area contributed by atoms with E-state index in [1.54, 1.807) is 36.4 Å². The number of hydrogen-bond acceptors (Lipinski definition) is 5. The largest absolute Gasteiger partial charge is 0.497 e. The summed E-state index contributed by atoms with van der Waals surface area (Å²) >= 11 is 0. The van der Waals surface area contributed by atoms with Crippen LogP contribution in [0.4, 0.5) is 8.78 Å². The first kappa shape index (κ1) is 20.3. The molecule has 0 saturated carbocycles. The lowest BCUT2D eigenvalue weighted by atomic mass is 10.1. The van der Waals surface area contributed by atoms with Gasteiger partial charge >= 0.3 is 0 Å². The third-order valence-corrected chi connectivity index (χ3v) is 4.71. The van der Waals surface area contributed by atoms with Gasteiger partial charge in [-0.05, 0) is 42.0 Å². The van der Waals surface area contributed by atoms with E-state index in [2.05, 4.69) is 10.4 Å². The van der Waals surface area contributed by atoms with Crippen LogP contribution >= 0.6 is 0 Å². The van der Waals surface area contributed by atoms with E-state index in [0.717, 1.165) is 16.8 Å². The van der Waals surface area contributed by atoms with Gasteiger partial charge < -0.3 is 14.5 Å². The summed E-state index contributed by atoms with van der Waals surface area (Å²) in [7, 11) is 1.53. The second-order valence-corrected chi connectivity index (χ2v) is 6.70. The number of nitrogens with one attached hydrogen (secondary N) is 1. The lowest BCUT2D eigenvalue weighted by Gasteiger charge is -2.13. The van der Waals surface area contributed by atoms with Crippen LogP contribution in [-0.4, -0.2) is 22.8 Å². The zero-order valence-electron chi connectivity index (χ0n) is 16.4. The zero-order valence-corrected chi connectivity index (χ0v) is 16.4. The van der Waals surface area contributed by atoms with Crippen molar-refractivity contribution in [3.8, 4) is 5.75 Å². The molecule has 158 valence electrons. The Hall–Kier alpha value is -4.01. The molecule has 0 bridgehead atoms. The maximum Gasteiger partial charge on any atom is 0.276 e. The first-order valence-corrected chi connectivity index (χ1v) is 9.30. The molecule has 2 aromatic carbocycles. The summed E-state index contributed by atoms with van der Waals surface area (Å²) in [6.45, 7) is 0.00865. The van der Waals surface area contributed by atoms with Crippen molar-refractivity contribution < 1.29 is 22.7 Å². The average Bonchev–Trinajstić information content (AvgIpc) is 3.30. The number of aromatic nitrogens is 2. The van der Waals surface area contributed by atoms with Gasteiger partial charge in [-0.3, -0.25) is 14.3 Å². The van der Waals surface area contributed by atoms with E-state index in [-0.39, 0.29) is 18.6 Å². The van der Waals surface area contributed by atoms with Crippen molar-refractivity contribution in [3.05, 3.63) is 93.7 Å². The van der Waals surface area contributed by atoms with Crippen LogP contribution in [0.15, 0.2) is 64.0 Å². The minimum absolute atomic E-state index is 0.000385. The van der Waals surface area contributed by atoms with Gasteiger partial charge in [0.15, 0.2) is 5.69 Å². The molecule has 4 aromatic rings. The molecular formula is C22H17F2N3O4. The molecular weight excluding hydrogens is 408 g/mol. The monoisotopic (exact) mass is 425 g/mol. The molecule has 0 aliphatic carbocycles. The van der Waals surface area contributed by atoms with Gasteiger partial charge in [-0.2, -0.15) is 5.10 Å². The number of hydrogen-bond donors (Lipinski definition) is 1. The molecule has 2 heterocycles. The molecule has 0 radical (unpaired) electrons. The molecule has 2 aromatic heterocycles. The lowest BCUT2D eigenvalue weighted by molar-refractivity contribution is 0.0940. The Balaban J connectivity index is 1.79. The standard InChI is InChI=1S/C22H17F2N3O4/c1-30-14-6-4-13(5-7-14)12-27-20-17(24)9-8-16(23)18(20)21(28)19(26-27)22(29)25-11-15-3-2-10-31-15/h2-10H,11-12H2,1H3,(H,25,29). The predicted molar refractivity (Wildman–Crippen MR) is 108 cm³/mol. The highest BCUT2D eigenvalue weighted by atomic mass is 19.1. The van der Waals surface area contributed by atoms with Gasteiger partial charge in [0.1, 0.15) is 28.7 Å². The topological polar surface area (TPSA) is 86.4 Å². The highest BCUT2D eigenvalue weighted by molar-refractivity contribution is 5.95. The molecule has 31 heavy (non-hydrogen) atoms. The van der Waals surface area contributed by atoms with Gasteiger partial charge in [0, 0.05) is 0 Å². The van der Waals surface area contributed by atoms with Gasteiger partial charge in [0.05, 0.1) is 31.8 Å². The minimum Gasteiger partial charge on any atom is -0.497 e. The van der Waals surface area contributed by atoms with Crippen molar-refractivity contribution in [1.29, 1.82) is 0 Å². The molecule has 1 amide bonds. The van der Waals surface area contributed by atoms with E-state index < -0.39 is 34.1 Å². The van der Waals surface area contributed by atoms with Gasteiger partial charge in [0.2, 0.25) is 5.43 Å². The quantitative estimate of drug-likeness (QED) is 0.513. The molecule has 0 fully saturated rings. The molecule has 7 nitrogen and oxygen atoms in total. The third-order valence-electron chi connectivity index (χ3n) is 4.71. The summed E-state index contributed by atoms with van der Waals surface area (Å²) in [5, 5.41) is 6.03. The Bertz CT molecular complexity index is 1300. The Morgan fingerprint density at radius 2 is 1.87 bits per heavy atom. The van der Waals surface area contributed by atoms with E-state index in [1.807, 2.05) is 0 Å². The number of ether oxygens (including phenoxy) is 1. The number of carbonyl (C=O) groups is 1. The van der Waals surface area contributed by atoms with Crippen molar-refractivity contribution in [1.82, 2.24) is 15.1 Å². The van der Waals surface area contributed by atoms with E-state index in [9.17, 15) is 18.4 Å². The molecule has 0 spiro atoms. The van der Waals surface area contributed by atoms with E-state index in [4.69, 9.17) is 9.15 Å². The summed E-state index contributed by atoms with van der Waals surface area (Å²) in [6.07, 6.45) is 1.44. The SMILES string of the molecule is COc1ccc(Cn2nc(C(=O)NCc3ccco3)c(=O)c3c(F)ccc(F)c32)cc1. The first-order valence-electron chi connectivity index (χ1n) is 9.30. The summed E-state index contributed by atoms with van der Waals surface area (Å²) in [4.78, 5) is 25.4. The van der Waals surface area contributed by atoms with Crippen LogP contribution in [0.25, 0.3) is 10.9 Å². The molecule has 0 aliphatic rings. The van der Waals surface area contributed by atoms with Crippen LogP contribution in [-0.2, 0) is 13.1 Å². The number of carbonyl (C=O) groups excluding carboxylic acids is 1. The Labute approximate surface area is 174 Å². The molecule has 0 atom stereocenters. The van der Waals surface area contributed by atoms with E-state index in [0.29, 0.717) is 17.1 Å². The summed E-state index contributed by atoms with van der Waals surface area (Å²) in [5.74, 6) is -1.50. The van der Waals surface area contributed by atoms with Crippen molar-refractivity contribution >= 4 is 16.8 Å². The smallest absolute Gasteiger partial charge is 0.276 e. The summed E-state index contributed by atoms with van der Waals surface area (Å²) in [6, 6.07) is 11.9. The summed E-state index contributed by atoms with van der Waals surface area (Å²) < 4.78 is 40.5. The lowest BCUT2D eigenvalue weighted by Crippen LogP contribution is -2.32. The second kappa shape index (κ2) is 8.39. The average molecular weight is 425 g/mol. The van der Waals surface area contributed by atoms with Crippen LogP contribution in [0.5, 0.6) is 5.75 Å². The van der Waals surface area contributed by atoms with Gasteiger partial charge in [-0.25, -0.2) is 8.78 Å².